The zero-order chi connectivity index (χ0) is 22.0. The molecule has 2 aromatic heterocycles. The molecule has 0 spiro atoms. The van der Waals surface area contributed by atoms with Gasteiger partial charge in [0, 0.05) is 18.7 Å². The van der Waals surface area contributed by atoms with Gasteiger partial charge in [0.1, 0.15) is 0 Å². The maximum Gasteiger partial charge on any atom is 0.453 e. The quantitative estimate of drug-likeness (QED) is 0.661. The molecule has 1 amide bonds. The summed E-state index contributed by atoms with van der Waals surface area (Å²) in [6.45, 7) is 2.62. The number of halogens is 3. The molecule has 1 aliphatic carbocycles. The zero-order valence-electron chi connectivity index (χ0n) is 17.2. The van der Waals surface area contributed by atoms with Gasteiger partial charge in [0.05, 0.1) is 12.1 Å². The van der Waals surface area contributed by atoms with E-state index in [9.17, 15) is 18.0 Å². The number of carbonyl (C=O) groups excluding carboxylic acids is 1. The van der Waals surface area contributed by atoms with Crippen LogP contribution in [0, 0.1) is 12.8 Å². The standard InChI is InChI=1S/C22H24F3N5O/c1-14-2-4-15(5-3-14)12-19(31)27-13-16-6-8-17(9-7-16)18-10-11-26-21-28-20(22(23,24)25)29-30(18)21/h2-5,10-11,16-17H,6-9,12-13H2,1H3,(H,27,31). The van der Waals surface area contributed by atoms with E-state index < -0.39 is 12.0 Å². The van der Waals surface area contributed by atoms with Crippen LogP contribution in [0.15, 0.2) is 36.5 Å². The largest absolute Gasteiger partial charge is 0.453 e. The van der Waals surface area contributed by atoms with Crippen LogP contribution in [0.2, 0.25) is 0 Å². The Morgan fingerprint density at radius 2 is 1.84 bits per heavy atom. The lowest BCUT2D eigenvalue weighted by molar-refractivity contribution is -0.144. The third-order valence-corrected chi connectivity index (χ3v) is 5.86. The molecule has 1 aliphatic rings. The van der Waals surface area contributed by atoms with Gasteiger partial charge in [-0.15, -0.1) is 5.10 Å². The molecule has 4 rings (SSSR count). The van der Waals surface area contributed by atoms with Gasteiger partial charge in [0.2, 0.25) is 5.91 Å². The van der Waals surface area contributed by atoms with Crippen LogP contribution < -0.4 is 5.32 Å². The Morgan fingerprint density at radius 1 is 1.13 bits per heavy atom. The molecule has 9 heteroatoms. The number of aromatic nitrogens is 4. The van der Waals surface area contributed by atoms with E-state index in [0.29, 0.717) is 24.6 Å². The van der Waals surface area contributed by atoms with E-state index in [1.54, 1.807) is 6.07 Å². The molecule has 0 unspecified atom stereocenters. The van der Waals surface area contributed by atoms with Crippen molar-refractivity contribution in [2.45, 2.75) is 51.1 Å². The highest BCUT2D eigenvalue weighted by molar-refractivity contribution is 5.78. The first-order valence-electron chi connectivity index (χ1n) is 10.4. The van der Waals surface area contributed by atoms with Crippen molar-refractivity contribution in [2.75, 3.05) is 6.54 Å². The summed E-state index contributed by atoms with van der Waals surface area (Å²) >= 11 is 0. The number of nitrogens with zero attached hydrogens (tertiary/aromatic N) is 4. The highest BCUT2D eigenvalue weighted by Gasteiger charge is 2.37. The minimum atomic E-state index is -4.60. The van der Waals surface area contributed by atoms with Gasteiger partial charge in [-0.1, -0.05) is 29.8 Å². The van der Waals surface area contributed by atoms with E-state index in [-0.39, 0.29) is 17.6 Å². The summed E-state index contributed by atoms with van der Waals surface area (Å²) in [6, 6.07) is 9.63. The average molecular weight is 431 g/mol. The number of hydrogen-bond donors (Lipinski definition) is 1. The van der Waals surface area contributed by atoms with Gasteiger partial charge >= 0.3 is 6.18 Å². The topological polar surface area (TPSA) is 72.2 Å². The molecule has 164 valence electrons. The van der Waals surface area contributed by atoms with Crippen molar-refractivity contribution in [2.24, 2.45) is 5.92 Å². The lowest BCUT2D eigenvalue weighted by atomic mass is 9.80. The Morgan fingerprint density at radius 3 is 2.52 bits per heavy atom. The molecule has 1 fully saturated rings. The number of nitrogens with one attached hydrogen (secondary N) is 1. The van der Waals surface area contributed by atoms with E-state index >= 15 is 0 Å². The fraction of sp³-hybridized carbons (Fsp3) is 0.455. The molecule has 0 radical (unpaired) electrons. The summed E-state index contributed by atoms with van der Waals surface area (Å²) in [6.07, 6.45) is 0.659. The molecular weight excluding hydrogens is 407 g/mol. The van der Waals surface area contributed by atoms with Crippen molar-refractivity contribution in [3.63, 3.8) is 0 Å². The SMILES string of the molecule is Cc1ccc(CC(=O)NCC2CCC(c3ccnc4nc(C(F)(F)F)nn34)CC2)cc1. The molecule has 6 nitrogen and oxygen atoms in total. The summed E-state index contributed by atoms with van der Waals surface area (Å²) < 4.78 is 40.1. The summed E-state index contributed by atoms with van der Waals surface area (Å²) in [5.74, 6) is -0.748. The number of benzene rings is 1. The van der Waals surface area contributed by atoms with Gasteiger partial charge in [-0.25, -0.2) is 9.50 Å². The number of amides is 1. The second-order valence-corrected chi connectivity index (χ2v) is 8.20. The van der Waals surface area contributed by atoms with Gasteiger partial charge in [-0.2, -0.15) is 18.2 Å². The van der Waals surface area contributed by atoms with E-state index in [0.717, 1.165) is 36.8 Å². The Hall–Kier alpha value is -2.97. The van der Waals surface area contributed by atoms with Crippen LogP contribution in [-0.2, 0) is 17.4 Å². The Labute approximate surface area is 177 Å². The highest BCUT2D eigenvalue weighted by Crippen LogP contribution is 2.36. The van der Waals surface area contributed by atoms with Gasteiger partial charge in [-0.05, 0) is 50.2 Å². The fourth-order valence-corrected chi connectivity index (χ4v) is 4.11. The van der Waals surface area contributed by atoms with Crippen molar-refractivity contribution >= 4 is 11.7 Å². The lowest BCUT2D eigenvalue weighted by Crippen LogP contribution is -2.32. The van der Waals surface area contributed by atoms with Gasteiger partial charge in [-0.3, -0.25) is 4.79 Å². The summed E-state index contributed by atoms with van der Waals surface area (Å²) in [5, 5.41) is 6.66. The minimum Gasteiger partial charge on any atom is -0.356 e. The second kappa shape index (κ2) is 8.64. The highest BCUT2D eigenvalue weighted by atomic mass is 19.4. The van der Waals surface area contributed by atoms with Gasteiger partial charge < -0.3 is 5.32 Å². The van der Waals surface area contributed by atoms with E-state index in [2.05, 4.69) is 20.4 Å². The lowest BCUT2D eigenvalue weighted by Gasteiger charge is -2.28. The zero-order valence-corrected chi connectivity index (χ0v) is 17.2. The number of carbonyl (C=O) groups is 1. The third kappa shape index (κ3) is 5.03. The van der Waals surface area contributed by atoms with Crippen LogP contribution in [0.25, 0.3) is 5.78 Å². The monoisotopic (exact) mass is 431 g/mol. The van der Waals surface area contributed by atoms with Crippen molar-refractivity contribution in [1.29, 1.82) is 0 Å². The van der Waals surface area contributed by atoms with Crippen LogP contribution in [0.3, 0.4) is 0 Å². The molecular formula is C22H24F3N5O. The first-order chi connectivity index (χ1) is 14.8. The third-order valence-electron chi connectivity index (χ3n) is 5.86. The summed E-state index contributed by atoms with van der Waals surface area (Å²) in [7, 11) is 0. The van der Waals surface area contributed by atoms with Crippen LogP contribution in [0.5, 0.6) is 0 Å². The number of aryl methyl sites for hydroxylation is 1. The van der Waals surface area contributed by atoms with E-state index in [1.165, 1.54) is 10.7 Å². The molecule has 3 aromatic rings. The van der Waals surface area contributed by atoms with Gasteiger partial charge in [0.15, 0.2) is 0 Å². The maximum atomic E-state index is 13.0. The Kier molecular flexibility index (Phi) is 5.93. The smallest absolute Gasteiger partial charge is 0.356 e. The molecule has 0 atom stereocenters. The van der Waals surface area contributed by atoms with Crippen LogP contribution in [-0.4, -0.2) is 32.0 Å². The van der Waals surface area contributed by atoms with Crippen molar-refractivity contribution in [3.8, 4) is 0 Å². The molecule has 0 saturated heterocycles. The van der Waals surface area contributed by atoms with E-state index in [1.807, 2.05) is 31.2 Å². The second-order valence-electron chi connectivity index (χ2n) is 8.20. The molecule has 2 heterocycles. The number of alkyl halides is 3. The minimum absolute atomic E-state index is 0.00381. The molecule has 0 bridgehead atoms. The van der Waals surface area contributed by atoms with Crippen LogP contribution in [0.1, 0.15) is 54.2 Å². The number of fused-ring (bicyclic) bond motifs is 1. The fourth-order valence-electron chi connectivity index (χ4n) is 4.11. The van der Waals surface area contributed by atoms with E-state index in [4.69, 9.17) is 0 Å². The average Bonchev–Trinajstić information content (AvgIpc) is 3.19. The molecule has 31 heavy (non-hydrogen) atoms. The predicted molar refractivity (Wildman–Crippen MR) is 108 cm³/mol. The van der Waals surface area contributed by atoms with Crippen molar-refractivity contribution in [3.05, 3.63) is 59.2 Å². The maximum absolute atomic E-state index is 13.0. The first-order valence-corrected chi connectivity index (χ1v) is 10.4. The van der Waals surface area contributed by atoms with Crippen molar-refractivity contribution in [1.82, 2.24) is 24.9 Å². The Balaban J connectivity index is 1.32. The molecule has 1 saturated carbocycles. The molecule has 1 aromatic carbocycles. The normalized spacial score (nSPS) is 19.5. The number of rotatable bonds is 5. The van der Waals surface area contributed by atoms with Gasteiger partial charge in [0.25, 0.3) is 11.6 Å². The summed E-state index contributed by atoms with van der Waals surface area (Å²) in [5.41, 5.74) is 2.85. The van der Waals surface area contributed by atoms with Crippen LogP contribution >= 0.6 is 0 Å². The van der Waals surface area contributed by atoms with Crippen molar-refractivity contribution < 1.29 is 18.0 Å². The predicted octanol–water partition coefficient (Wildman–Crippen LogP) is 4.08. The number of hydrogen-bond acceptors (Lipinski definition) is 4. The summed E-state index contributed by atoms with van der Waals surface area (Å²) in [4.78, 5) is 19.7. The first kappa shape index (κ1) is 21.3. The molecule has 0 aliphatic heterocycles. The Bertz CT molecular complexity index is 1050. The molecule has 1 N–H and O–H groups in total. The van der Waals surface area contributed by atoms with Crippen LogP contribution in [0.4, 0.5) is 13.2 Å².